The predicted molar refractivity (Wildman–Crippen MR) is 196 cm³/mol. The summed E-state index contributed by atoms with van der Waals surface area (Å²) in [5, 5.41) is 7.12. The third kappa shape index (κ3) is 11.0. The molecule has 50 heavy (non-hydrogen) atoms. The molecule has 10 heteroatoms. The largest absolute Gasteiger partial charge is 0.459 e. The summed E-state index contributed by atoms with van der Waals surface area (Å²) >= 11 is 0. The lowest BCUT2D eigenvalue weighted by molar-refractivity contribution is -0.149. The third-order valence-electron chi connectivity index (χ3n) is 8.27. The van der Waals surface area contributed by atoms with Crippen molar-refractivity contribution in [3.05, 3.63) is 143 Å². The minimum Gasteiger partial charge on any atom is -0.459 e. The van der Waals surface area contributed by atoms with Gasteiger partial charge in [-0.15, -0.1) is 0 Å². The second-order valence-electron chi connectivity index (χ2n) is 12.9. The third-order valence-corrected chi connectivity index (χ3v) is 9.88. The molecule has 262 valence electrons. The first-order valence-electron chi connectivity index (χ1n) is 16.9. The molecule has 0 bridgehead atoms. The molecule has 0 fully saturated rings. The van der Waals surface area contributed by atoms with Gasteiger partial charge in [-0.1, -0.05) is 116 Å². The van der Waals surface area contributed by atoms with Crippen molar-refractivity contribution in [2.24, 2.45) is 5.92 Å². The molecule has 0 saturated heterocycles. The molecule has 0 saturated carbocycles. The monoisotopic (exact) mass is 695 g/mol. The highest BCUT2D eigenvalue weighted by molar-refractivity contribution is 7.53. The maximum atomic E-state index is 14.2. The zero-order valence-corrected chi connectivity index (χ0v) is 29.7. The number of fused-ring (bicyclic) bond motifs is 1. The van der Waals surface area contributed by atoms with Crippen LogP contribution in [0.4, 0.5) is 0 Å². The van der Waals surface area contributed by atoms with Gasteiger partial charge in [-0.2, -0.15) is 0 Å². The van der Waals surface area contributed by atoms with Gasteiger partial charge in [-0.3, -0.25) is 14.7 Å². The number of hydrogen-bond acceptors (Lipinski definition) is 7. The Hall–Kier alpha value is -4.53. The summed E-state index contributed by atoms with van der Waals surface area (Å²) in [5.74, 6) is -0.849. The van der Waals surface area contributed by atoms with Crippen molar-refractivity contribution < 1.29 is 27.9 Å². The van der Waals surface area contributed by atoms with Crippen LogP contribution in [0, 0.1) is 12.8 Å². The van der Waals surface area contributed by atoms with Gasteiger partial charge >= 0.3 is 13.6 Å². The van der Waals surface area contributed by atoms with E-state index in [4.69, 9.17) is 13.8 Å². The molecule has 9 nitrogen and oxygen atoms in total. The number of hydrogen-bond donors (Lipinski definition) is 3. The number of aromatic nitrogens is 1. The summed E-state index contributed by atoms with van der Waals surface area (Å²) in [4.78, 5) is 30.9. The number of amides is 1. The van der Waals surface area contributed by atoms with E-state index in [2.05, 4.69) is 21.7 Å². The lowest BCUT2D eigenvalue weighted by Gasteiger charge is -2.26. The molecule has 0 spiro atoms. The Morgan fingerprint density at radius 1 is 0.760 bits per heavy atom. The lowest BCUT2D eigenvalue weighted by atomic mass is 10.0. The van der Waals surface area contributed by atoms with Crippen molar-refractivity contribution in [1.82, 2.24) is 15.6 Å². The number of carbonyl (C=O) groups excluding carboxylic acids is 2. The van der Waals surface area contributed by atoms with Crippen LogP contribution in [-0.4, -0.2) is 35.2 Å². The summed E-state index contributed by atoms with van der Waals surface area (Å²) in [5.41, 5.74) is 5.44. The number of aryl methyl sites for hydroxylation is 1. The Morgan fingerprint density at radius 2 is 1.32 bits per heavy atom. The quantitative estimate of drug-likeness (QED) is 0.0632. The van der Waals surface area contributed by atoms with Gasteiger partial charge in [-0.05, 0) is 53.6 Å². The molecular formula is C40H46N3O6P. The van der Waals surface area contributed by atoms with E-state index in [0.29, 0.717) is 6.42 Å². The van der Waals surface area contributed by atoms with Crippen LogP contribution in [0.2, 0.25) is 0 Å². The summed E-state index contributed by atoms with van der Waals surface area (Å²) < 4.78 is 31.8. The van der Waals surface area contributed by atoms with Crippen molar-refractivity contribution in [2.75, 3.05) is 6.29 Å². The van der Waals surface area contributed by atoms with E-state index in [0.717, 1.165) is 38.7 Å². The Kier molecular flexibility index (Phi) is 13.2. The van der Waals surface area contributed by atoms with Gasteiger partial charge in [0.15, 0.2) is 0 Å². The summed E-state index contributed by atoms with van der Waals surface area (Å²) in [6.45, 7) is 6.24. The zero-order valence-electron chi connectivity index (χ0n) is 28.8. The Balaban J connectivity index is 1.33. The van der Waals surface area contributed by atoms with Gasteiger partial charge in [0.2, 0.25) is 5.91 Å². The molecule has 0 aliphatic heterocycles. The molecule has 5 aromatic rings. The highest BCUT2D eigenvalue weighted by Gasteiger charge is 2.32. The summed E-state index contributed by atoms with van der Waals surface area (Å²) in [6, 6.07) is 32.6. The molecule has 4 aromatic carbocycles. The molecule has 0 aliphatic carbocycles. The van der Waals surface area contributed by atoms with E-state index in [9.17, 15) is 14.2 Å². The fourth-order valence-electron chi connectivity index (χ4n) is 5.58. The Labute approximate surface area is 294 Å². The maximum absolute atomic E-state index is 14.2. The van der Waals surface area contributed by atoms with Crippen molar-refractivity contribution in [3.63, 3.8) is 0 Å². The zero-order chi connectivity index (χ0) is 35.3. The number of benzene rings is 4. The topological polar surface area (TPSA) is 119 Å². The van der Waals surface area contributed by atoms with E-state index >= 15 is 0 Å². The highest BCUT2D eigenvalue weighted by Crippen LogP contribution is 2.49. The molecule has 3 N–H and O–H groups in total. The van der Waals surface area contributed by atoms with Crippen molar-refractivity contribution in [2.45, 2.75) is 65.5 Å². The van der Waals surface area contributed by atoms with Crippen molar-refractivity contribution in [1.29, 1.82) is 0 Å². The van der Waals surface area contributed by atoms with Crippen LogP contribution >= 0.6 is 7.60 Å². The fourth-order valence-corrected chi connectivity index (χ4v) is 6.97. The molecule has 0 radical (unpaired) electrons. The molecule has 2 atom stereocenters. The van der Waals surface area contributed by atoms with Gasteiger partial charge in [0.1, 0.15) is 12.6 Å². The minimum absolute atomic E-state index is 0.0768. The van der Waals surface area contributed by atoms with E-state index in [1.54, 1.807) is 0 Å². The van der Waals surface area contributed by atoms with Gasteiger partial charge in [0.05, 0.1) is 25.5 Å². The van der Waals surface area contributed by atoms with Crippen LogP contribution in [0.25, 0.3) is 10.9 Å². The standard InChI is InChI=1S/C40H46N3O6P/c1-29(2)21-37(42-28-50(46,48-26-32-15-9-5-10-16-32)49-27-33-17-11-6-12-18-33)39(44)43-38(40(45)47-25-31-13-7-4-8-14-31)23-34-24-41-36-20-19-30(3)22-35(34)36/h4-20,22,24,29,37-38,41-42H,21,23,25-28H2,1-3H3,(H,43,44)/t37-,38-/m0/s1. The number of nitrogens with one attached hydrogen (secondary N) is 3. The van der Waals surface area contributed by atoms with Gasteiger partial charge < -0.3 is 24.1 Å². The highest BCUT2D eigenvalue weighted by atomic mass is 31.2. The van der Waals surface area contributed by atoms with Crippen molar-refractivity contribution >= 4 is 30.4 Å². The average Bonchev–Trinajstić information content (AvgIpc) is 3.53. The molecule has 1 amide bonds. The molecule has 1 heterocycles. The van der Waals surface area contributed by atoms with E-state index in [1.807, 2.05) is 130 Å². The van der Waals surface area contributed by atoms with Gasteiger partial charge in [0.25, 0.3) is 0 Å². The van der Waals surface area contributed by atoms with Crippen LogP contribution in [0.1, 0.15) is 48.1 Å². The van der Waals surface area contributed by atoms with E-state index < -0.39 is 31.6 Å². The minimum atomic E-state index is -3.75. The summed E-state index contributed by atoms with van der Waals surface area (Å²) in [6.07, 6.45) is 2.29. The van der Waals surface area contributed by atoms with Crippen LogP contribution < -0.4 is 10.6 Å². The SMILES string of the molecule is Cc1ccc2[nH]cc(C[C@H](NC(=O)[C@H](CC(C)C)NCP(=O)(OCc3ccccc3)OCc3ccccc3)C(=O)OCc3ccccc3)c2c1. The fraction of sp³-hybridized carbons (Fsp3) is 0.300. The van der Waals surface area contributed by atoms with E-state index in [1.165, 1.54) is 0 Å². The van der Waals surface area contributed by atoms with Gasteiger partial charge in [-0.25, -0.2) is 4.79 Å². The normalized spacial score (nSPS) is 12.9. The second-order valence-corrected chi connectivity index (χ2v) is 14.9. The second kappa shape index (κ2) is 17.9. The number of carbonyl (C=O) groups is 2. The molecule has 0 aliphatic rings. The van der Waals surface area contributed by atoms with Crippen LogP contribution in [0.15, 0.2) is 115 Å². The van der Waals surface area contributed by atoms with E-state index in [-0.39, 0.29) is 38.4 Å². The number of aromatic amines is 1. The predicted octanol–water partition coefficient (Wildman–Crippen LogP) is 7.84. The van der Waals surface area contributed by atoms with Crippen LogP contribution in [-0.2, 0) is 54.2 Å². The number of ether oxygens (including phenoxy) is 1. The first-order chi connectivity index (χ1) is 24.2. The molecule has 5 rings (SSSR count). The number of esters is 1. The Bertz CT molecular complexity index is 1820. The number of H-pyrrole nitrogens is 1. The lowest BCUT2D eigenvalue weighted by Crippen LogP contribution is -2.52. The smallest absolute Gasteiger partial charge is 0.344 e. The Morgan fingerprint density at radius 3 is 1.88 bits per heavy atom. The molecule has 1 aromatic heterocycles. The average molecular weight is 696 g/mol. The van der Waals surface area contributed by atoms with Crippen molar-refractivity contribution in [3.8, 4) is 0 Å². The van der Waals surface area contributed by atoms with Gasteiger partial charge in [0, 0.05) is 23.5 Å². The first-order valence-corrected chi connectivity index (χ1v) is 18.7. The van der Waals surface area contributed by atoms with Crippen LogP contribution in [0.3, 0.4) is 0 Å². The number of rotatable bonds is 18. The molecule has 0 unspecified atom stereocenters. The first kappa shape index (κ1) is 36.7. The maximum Gasteiger partial charge on any atom is 0.344 e. The summed E-state index contributed by atoms with van der Waals surface area (Å²) in [7, 11) is -3.75. The molecular weight excluding hydrogens is 649 g/mol. The van der Waals surface area contributed by atoms with Crippen LogP contribution in [0.5, 0.6) is 0 Å².